The van der Waals surface area contributed by atoms with E-state index in [0.717, 1.165) is 42.1 Å². The number of methoxy groups -OCH3 is 1. The Bertz CT molecular complexity index is 1580. The van der Waals surface area contributed by atoms with Crippen molar-refractivity contribution in [2.45, 2.75) is 80.4 Å². The monoisotopic (exact) mass is 614 g/mol. The van der Waals surface area contributed by atoms with Gasteiger partial charge < -0.3 is 14.2 Å². The fourth-order valence-corrected chi connectivity index (χ4v) is 8.74. The lowest BCUT2D eigenvalue weighted by molar-refractivity contribution is -0.134. The van der Waals surface area contributed by atoms with Gasteiger partial charge in [-0.3, -0.25) is 9.69 Å². The minimum Gasteiger partial charge on any atom is -0.497 e. The second-order valence-electron chi connectivity index (χ2n) is 12.2. The van der Waals surface area contributed by atoms with Crippen molar-refractivity contribution < 1.29 is 26.7 Å². The van der Waals surface area contributed by atoms with Crippen molar-refractivity contribution in [3.05, 3.63) is 60.4 Å². The molecule has 6 rings (SSSR count). The van der Waals surface area contributed by atoms with Crippen LogP contribution in [0.1, 0.15) is 56.7 Å². The molecule has 0 bridgehead atoms. The van der Waals surface area contributed by atoms with Gasteiger partial charge in [-0.15, -0.1) is 0 Å². The molecule has 3 heterocycles. The number of carbonyl (C=O) groups is 1. The van der Waals surface area contributed by atoms with Crippen molar-refractivity contribution in [2.75, 3.05) is 33.8 Å². The lowest BCUT2D eigenvalue weighted by Crippen LogP contribution is -2.51. The minimum atomic E-state index is -3.92. The van der Waals surface area contributed by atoms with Gasteiger partial charge in [0.25, 0.3) is 5.92 Å². The lowest BCUT2D eigenvalue weighted by atomic mass is 9.87. The van der Waals surface area contributed by atoms with E-state index in [9.17, 15) is 22.0 Å². The molecular weight excluding hydrogens is 574 g/mol. The Morgan fingerprint density at radius 3 is 2.53 bits per heavy atom. The summed E-state index contributed by atoms with van der Waals surface area (Å²) in [6.45, 7) is 1.54. The van der Waals surface area contributed by atoms with E-state index in [1.165, 1.54) is 4.31 Å². The maximum Gasteiger partial charge on any atom is 0.250 e. The topological polar surface area (TPSA) is 75.1 Å². The molecule has 3 aliphatic rings. The van der Waals surface area contributed by atoms with E-state index in [1.807, 2.05) is 35.0 Å². The summed E-state index contributed by atoms with van der Waals surface area (Å²) in [5.41, 5.74) is 0.804. The molecule has 3 aromatic rings. The van der Waals surface area contributed by atoms with Crippen LogP contribution in [-0.4, -0.2) is 84.8 Å². The van der Waals surface area contributed by atoms with Crippen LogP contribution in [0, 0.1) is 0 Å². The van der Waals surface area contributed by atoms with Gasteiger partial charge >= 0.3 is 0 Å². The van der Waals surface area contributed by atoms with Crippen molar-refractivity contribution in [2.24, 2.45) is 0 Å². The molecule has 3 atom stereocenters. The number of amides is 1. The largest absolute Gasteiger partial charge is 0.497 e. The number of piperidine rings is 1. The molecule has 0 spiro atoms. The molecule has 43 heavy (non-hydrogen) atoms. The first-order valence-corrected chi connectivity index (χ1v) is 16.6. The van der Waals surface area contributed by atoms with E-state index in [2.05, 4.69) is 4.90 Å². The van der Waals surface area contributed by atoms with Crippen molar-refractivity contribution in [3.63, 3.8) is 0 Å². The summed E-state index contributed by atoms with van der Waals surface area (Å²) >= 11 is 0. The van der Waals surface area contributed by atoms with E-state index in [0.29, 0.717) is 25.4 Å². The van der Waals surface area contributed by atoms with Gasteiger partial charge in [0.05, 0.1) is 18.0 Å². The smallest absolute Gasteiger partial charge is 0.250 e. The average Bonchev–Trinajstić information content (AvgIpc) is 3.50. The van der Waals surface area contributed by atoms with Crippen LogP contribution in [0.15, 0.2) is 59.6 Å². The van der Waals surface area contributed by atoms with Gasteiger partial charge in [-0.25, -0.2) is 17.2 Å². The molecular formula is C32H40F2N4O4S. The number of ether oxygens (including phenoxy) is 1. The molecule has 1 aliphatic carbocycles. The molecule has 0 N–H and O–H groups in total. The third-order valence-electron chi connectivity index (χ3n) is 9.71. The molecule has 1 unspecified atom stereocenters. The summed E-state index contributed by atoms with van der Waals surface area (Å²) in [5.74, 6) is -1.99. The highest BCUT2D eigenvalue weighted by Gasteiger charge is 2.41. The number of halogens is 2. The fourth-order valence-electron chi connectivity index (χ4n) is 7.11. The van der Waals surface area contributed by atoms with Crippen LogP contribution in [0.4, 0.5) is 8.78 Å². The Labute approximate surface area is 252 Å². The van der Waals surface area contributed by atoms with E-state index in [-0.39, 0.29) is 48.7 Å². The van der Waals surface area contributed by atoms with Crippen LogP contribution >= 0.6 is 0 Å². The van der Waals surface area contributed by atoms with E-state index in [1.54, 1.807) is 43.3 Å². The van der Waals surface area contributed by atoms with Crippen molar-refractivity contribution in [1.29, 1.82) is 0 Å². The summed E-state index contributed by atoms with van der Waals surface area (Å²) in [6, 6.07) is 13.9. The summed E-state index contributed by atoms with van der Waals surface area (Å²) in [4.78, 5) is 18.0. The minimum absolute atomic E-state index is 0.00778. The van der Waals surface area contributed by atoms with Crippen molar-refractivity contribution in [3.8, 4) is 5.75 Å². The fraction of sp³-hybridized carbons (Fsp3) is 0.531. The molecule has 0 radical (unpaired) electrons. The van der Waals surface area contributed by atoms with Gasteiger partial charge in [0.15, 0.2) is 0 Å². The maximum absolute atomic E-state index is 14.1. The summed E-state index contributed by atoms with van der Waals surface area (Å²) in [7, 11) is -0.521. The number of nitrogens with zero attached hydrogens (tertiary/aromatic N) is 4. The number of hydrogen-bond acceptors (Lipinski definition) is 5. The molecule has 232 valence electrons. The quantitative estimate of drug-likeness (QED) is 0.362. The number of benzene rings is 2. The summed E-state index contributed by atoms with van der Waals surface area (Å²) in [5, 5.41) is 1.67. The molecule has 11 heteroatoms. The second-order valence-corrected chi connectivity index (χ2v) is 14.1. The van der Waals surface area contributed by atoms with Crippen LogP contribution in [-0.2, 0) is 21.4 Å². The number of fused-ring (bicyclic) bond motifs is 2. The Morgan fingerprint density at radius 1 is 1.02 bits per heavy atom. The number of rotatable bonds is 7. The number of aromatic nitrogens is 1. The van der Waals surface area contributed by atoms with Gasteiger partial charge in [0, 0.05) is 76.5 Å². The molecule has 8 nitrogen and oxygen atoms in total. The van der Waals surface area contributed by atoms with Crippen molar-refractivity contribution in [1.82, 2.24) is 18.7 Å². The predicted octanol–water partition coefficient (Wildman–Crippen LogP) is 5.29. The Kier molecular flexibility index (Phi) is 8.25. The molecule has 1 saturated carbocycles. The van der Waals surface area contributed by atoms with Gasteiger partial charge in [0.2, 0.25) is 15.9 Å². The summed E-state index contributed by atoms with van der Waals surface area (Å²) in [6.07, 6.45) is 5.22. The molecule has 2 fully saturated rings. The van der Waals surface area contributed by atoms with Crippen molar-refractivity contribution >= 4 is 26.7 Å². The van der Waals surface area contributed by atoms with Crippen LogP contribution in [0.3, 0.4) is 0 Å². The van der Waals surface area contributed by atoms with Crippen LogP contribution in [0.25, 0.3) is 10.8 Å². The number of likely N-dealkylation sites (tertiary alicyclic amines) is 1. The Morgan fingerprint density at radius 2 is 1.77 bits per heavy atom. The molecule has 2 aliphatic heterocycles. The number of alkyl halides is 2. The highest BCUT2D eigenvalue weighted by Crippen LogP contribution is 2.37. The Hall–Kier alpha value is -3.02. The van der Waals surface area contributed by atoms with Crippen LogP contribution < -0.4 is 4.74 Å². The predicted molar refractivity (Wildman–Crippen MR) is 161 cm³/mol. The molecule has 2 aromatic carbocycles. The zero-order valence-electron chi connectivity index (χ0n) is 24.8. The van der Waals surface area contributed by atoms with E-state index >= 15 is 0 Å². The number of carbonyl (C=O) groups excluding carboxylic acids is 1. The Balaban J connectivity index is 1.20. The zero-order chi connectivity index (χ0) is 30.4. The first-order valence-electron chi connectivity index (χ1n) is 15.2. The zero-order valence-corrected chi connectivity index (χ0v) is 25.6. The second kappa shape index (κ2) is 11.8. The lowest BCUT2D eigenvalue weighted by Gasteiger charge is -2.43. The molecule has 1 amide bonds. The number of hydrogen-bond donors (Lipinski definition) is 0. The van der Waals surface area contributed by atoms with E-state index in [4.69, 9.17) is 4.74 Å². The highest BCUT2D eigenvalue weighted by molar-refractivity contribution is 7.89. The van der Waals surface area contributed by atoms with Crippen LogP contribution in [0.2, 0.25) is 0 Å². The van der Waals surface area contributed by atoms with Gasteiger partial charge in [-0.2, -0.15) is 4.31 Å². The highest BCUT2D eigenvalue weighted by atomic mass is 32.2. The molecule has 1 saturated heterocycles. The molecule has 1 aromatic heterocycles. The van der Waals surface area contributed by atoms with Gasteiger partial charge in [0.1, 0.15) is 5.75 Å². The summed E-state index contributed by atoms with van der Waals surface area (Å²) < 4.78 is 64.6. The third kappa shape index (κ3) is 6.04. The van der Waals surface area contributed by atoms with Crippen LogP contribution in [0.5, 0.6) is 5.75 Å². The van der Waals surface area contributed by atoms with Gasteiger partial charge in [-0.05, 0) is 72.9 Å². The third-order valence-corrected chi connectivity index (χ3v) is 11.6. The first kappa shape index (κ1) is 30.0. The van der Waals surface area contributed by atoms with Gasteiger partial charge in [-0.1, -0.05) is 12.1 Å². The standard InChI is InChI=1S/C32H40F2N4O4S/c1-35(25-5-3-6-26(21-25)36-15-12-32(33,34)13-16-36)31(39)22-30-29-7-4-14-37(29)17-18-38(30)43(40,41)28-11-9-23-19-27(42-2)10-8-24(23)20-28/h4,7-11,14,19-20,25-26,30H,3,5-6,12-13,15-18,21-22H2,1-2H3/t25-,26+,30?/m1/s1. The maximum atomic E-state index is 14.1. The van der Waals surface area contributed by atoms with E-state index < -0.39 is 22.0 Å². The first-order chi connectivity index (χ1) is 20.6. The average molecular weight is 615 g/mol. The normalized spacial score (nSPS) is 24.9. The SMILES string of the molecule is COc1ccc2cc(S(=O)(=O)N3CCn4cccc4C3CC(=O)N(C)[C@@H]3CCC[C@H](N4CCC(F)(F)CC4)C3)ccc2c1. The number of sulfonamides is 1.